The van der Waals surface area contributed by atoms with E-state index in [0.717, 1.165) is 0 Å². The minimum atomic E-state index is -1.13. The van der Waals surface area contributed by atoms with Gasteiger partial charge in [0, 0.05) is 12.8 Å². The van der Waals surface area contributed by atoms with Gasteiger partial charge in [-0.05, 0) is 13.3 Å². The molecule has 108 valence electrons. The van der Waals surface area contributed by atoms with Gasteiger partial charge in [0.1, 0.15) is 6.04 Å². The molecule has 0 fully saturated rings. The van der Waals surface area contributed by atoms with Gasteiger partial charge in [0.2, 0.25) is 5.91 Å². The largest absolute Gasteiger partial charge is 0.481 e. The fourth-order valence-corrected chi connectivity index (χ4v) is 1.25. The smallest absolute Gasteiger partial charge is 0.328 e. The number of hydrogen-bond donors (Lipinski definition) is 3. The van der Waals surface area contributed by atoms with Crippen molar-refractivity contribution in [3.8, 4) is 0 Å². The van der Waals surface area contributed by atoms with Crippen molar-refractivity contribution < 1.29 is 34.1 Å². The van der Waals surface area contributed by atoms with Crippen LogP contribution in [-0.4, -0.2) is 46.7 Å². The van der Waals surface area contributed by atoms with Gasteiger partial charge in [-0.2, -0.15) is 0 Å². The van der Waals surface area contributed by atoms with E-state index in [0.29, 0.717) is 0 Å². The van der Waals surface area contributed by atoms with E-state index < -0.39 is 29.9 Å². The number of rotatable bonds is 9. The molecule has 0 heterocycles. The summed E-state index contributed by atoms with van der Waals surface area (Å²) in [5.41, 5.74) is 0. The lowest BCUT2D eigenvalue weighted by molar-refractivity contribution is -0.148. The number of amides is 1. The van der Waals surface area contributed by atoms with E-state index in [9.17, 15) is 19.2 Å². The Kier molecular flexibility index (Phi) is 7.90. The monoisotopic (exact) mass is 275 g/mol. The van der Waals surface area contributed by atoms with Crippen LogP contribution in [-0.2, 0) is 23.9 Å². The van der Waals surface area contributed by atoms with Crippen molar-refractivity contribution in [1.82, 2.24) is 5.32 Å². The fourth-order valence-electron chi connectivity index (χ4n) is 1.25. The molecule has 19 heavy (non-hydrogen) atoms. The Morgan fingerprint density at radius 2 is 1.63 bits per heavy atom. The number of aliphatic carboxylic acids is 2. The highest BCUT2D eigenvalue weighted by molar-refractivity contribution is 5.86. The molecule has 0 aliphatic rings. The predicted octanol–water partition coefficient (Wildman–Crippen LogP) is -0.236. The van der Waals surface area contributed by atoms with Crippen molar-refractivity contribution in [3.05, 3.63) is 0 Å². The van der Waals surface area contributed by atoms with E-state index in [-0.39, 0.29) is 32.3 Å². The van der Waals surface area contributed by atoms with Crippen molar-refractivity contribution in [3.63, 3.8) is 0 Å². The topological polar surface area (TPSA) is 130 Å². The molecule has 8 nitrogen and oxygen atoms in total. The van der Waals surface area contributed by atoms with E-state index in [1.807, 2.05) is 0 Å². The third-order valence-corrected chi connectivity index (χ3v) is 2.12. The van der Waals surface area contributed by atoms with Crippen molar-refractivity contribution in [2.75, 3.05) is 6.61 Å². The summed E-state index contributed by atoms with van der Waals surface area (Å²) in [6.07, 6.45) is -1.05. The number of carboxylic acids is 2. The Balaban J connectivity index is 4.38. The minimum Gasteiger partial charge on any atom is -0.481 e. The number of hydrogen-bond acceptors (Lipinski definition) is 5. The van der Waals surface area contributed by atoms with Crippen LogP contribution in [0.4, 0.5) is 0 Å². The Morgan fingerprint density at radius 1 is 1.05 bits per heavy atom. The molecule has 0 unspecified atom stereocenters. The summed E-state index contributed by atoms with van der Waals surface area (Å²) < 4.78 is 4.70. The summed E-state index contributed by atoms with van der Waals surface area (Å²) in [6.45, 7) is 1.69. The summed E-state index contributed by atoms with van der Waals surface area (Å²) in [5, 5.41) is 19.2. The van der Waals surface area contributed by atoms with Crippen molar-refractivity contribution in [2.24, 2.45) is 0 Å². The number of carbonyl (C=O) groups is 4. The molecule has 1 amide bonds. The average molecular weight is 275 g/mol. The number of carboxylic acid groups (broad SMARTS) is 2. The Labute approximate surface area is 109 Å². The van der Waals surface area contributed by atoms with Gasteiger partial charge in [-0.1, -0.05) is 0 Å². The SMILES string of the molecule is CCOC(=O)[C@H](CCC(=O)O)NC(=O)CCC(=O)O. The lowest BCUT2D eigenvalue weighted by Crippen LogP contribution is -2.42. The van der Waals surface area contributed by atoms with Crippen LogP contribution in [0.2, 0.25) is 0 Å². The second kappa shape index (κ2) is 8.90. The van der Waals surface area contributed by atoms with Gasteiger partial charge in [0.05, 0.1) is 13.0 Å². The molecule has 3 N–H and O–H groups in total. The van der Waals surface area contributed by atoms with Crippen LogP contribution in [0.5, 0.6) is 0 Å². The van der Waals surface area contributed by atoms with Crippen molar-refractivity contribution >= 4 is 23.8 Å². The van der Waals surface area contributed by atoms with Crippen LogP contribution in [0, 0.1) is 0 Å². The molecule has 8 heteroatoms. The molecule has 0 aromatic rings. The maximum atomic E-state index is 11.5. The van der Waals surface area contributed by atoms with E-state index in [4.69, 9.17) is 14.9 Å². The molecule has 0 saturated carbocycles. The third kappa shape index (κ3) is 8.58. The average Bonchev–Trinajstić information content (AvgIpc) is 2.31. The van der Waals surface area contributed by atoms with Crippen LogP contribution in [0.3, 0.4) is 0 Å². The third-order valence-electron chi connectivity index (χ3n) is 2.12. The van der Waals surface area contributed by atoms with Gasteiger partial charge in [0.25, 0.3) is 0 Å². The lowest BCUT2D eigenvalue weighted by atomic mass is 10.1. The molecule has 0 aliphatic heterocycles. The zero-order valence-corrected chi connectivity index (χ0v) is 10.5. The van der Waals surface area contributed by atoms with Crippen LogP contribution in [0.1, 0.15) is 32.6 Å². The molecular formula is C11H17NO7. The lowest BCUT2D eigenvalue weighted by Gasteiger charge is -2.16. The van der Waals surface area contributed by atoms with E-state index in [1.165, 1.54) is 0 Å². The number of carbonyl (C=O) groups excluding carboxylic acids is 2. The maximum absolute atomic E-state index is 11.5. The fraction of sp³-hybridized carbons (Fsp3) is 0.636. The molecule has 0 bridgehead atoms. The number of ether oxygens (including phenoxy) is 1. The van der Waals surface area contributed by atoms with Gasteiger partial charge >= 0.3 is 17.9 Å². The molecule has 1 atom stereocenters. The second-order valence-electron chi connectivity index (χ2n) is 3.70. The molecule has 0 radical (unpaired) electrons. The Bertz CT molecular complexity index is 353. The Hall–Kier alpha value is -2.12. The first-order valence-electron chi connectivity index (χ1n) is 5.76. The van der Waals surface area contributed by atoms with Crippen molar-refractivity contribution in [1.29, 1.82) is 0 Å². The Morgan fingerprint density at radius 3 is 2.11 bits per heavy atom. The standard InChI is InChI=1S/C11H17NO7/c1-2-19-11(18)7(3-5-9(14)15)12-8(13)4-6-10(16)17/h7H,2-6H2,1H3,(H,12,13)(H,14,15)(H,16,17)/t7-/m0/s1. The summed E-state index contributed by atoms with van der Waals surface area (Å²) in [6, 6.07) is -1.07. The summed E-state index contributed by atoms with van der Waals surface area (Å²) in [5.74, 6) is -3.60. The van der Waals surface area contributed by atoms with Crippen LogP contribution >= 0.6 is 0 Å². The first kappa shape index (κ1) is 16.9. The van der Waals surface area contributed by atoms with Gasteiger partial charge in [-0.25, -0.2) is 4.79 Å². The molecule has 0 saturated heterocycles. The number of esters is 1. The van der Waals surface area contributed by atoms with E-state index >= 15 is 0 Å². The quantitative estimate of drug-likeness (QED) is 0.495. The molecule has 0 aromatic carbocycles. The van der Waals surface area contributed by atoms with Crippen LogP contribution in [0.25, 0.3) is 0 Å². The van der Waals surface area contributed by atoms with Crippen molar-refractivity contribution in [2.45, 2.75) is 38.6 Å². The molecular weight excluding hydrogens is 258 g/mol. The maximum Gasteiger partial charge on any atom is 0.328 e. The molecule has 0 rings (SSSR count). The first-order chi connectivity index (χ1) is 8.86. The van der Waals surface area contributed by atoms with Gasteiger partial charge in [-0.3, -0.25) is 14.4 Å². The summed E-state index contributed by atoms with van der Waals surface area (Å²) in [4.78, 5) is 43.6. The zero-order valence-electron chi connectivity index (χ0n) is 10.5. The van der Waals surface area contributed by atoms with E-state index in [1.54, 1.807) is 6.92 Å². The van der Waals surface area contributed by atoms with Crippen LogP contribution in [0.15, 0.2) is 0 Å². The second-order valence-corrected chi connectivity index (χ2v) is 3.70. The molecule has 0 spiro atoms. The highest BCUT2D eigenvalue weighted by Crippen LogP contribution is 2.02. The van der Waals surface area contributed by atoms with Gasteiger partial charge in [-0.15, -0.1) is 0 Å². The van der Waals surface area contributed by atoms with Gasteiger partial charge in [0.15, 0.2) is 0 Å². The highest BCUT2D eigenvalue weighted by Gasteiger charge is 2.22. The minimum absolute atomic E-state index is 0.104. The van der Waals surface area contributed by atoms with E-state index in [2.05, 4.69) is 5.32 Å². The normalized spacial score (nSPS) is 11.4. The predicted molar refractivity (Wildman–Crippen MR) is 62.3 cm³/mol. The highest BCUT2D eigenvalue weighted by atomic mass is 16.5. The number of nitrogens with one attached hydrogen (secondary N) is 1. The molecule has 0 aromatic heterocycles. The van der Waals surface area contributed by atoms with Gasteiger partial charge < -0.3 is 20.3 Å². The molecule has 0 aliphatic carbocycles. The summed E-state index contributed by atoms with van der Waals surface area (Å²) >= 11 is 0. The first-order valence-corrected chi connectivity index (χ1v) is 5.76. The zero-order chi connectivity index (χ0) is 14.8. The summed E-state index contributed by atoms with van der Waals surface area (Å²) in [7, 11) is 0. The van der Waals surface area contributed by atoms with Crippen LogP contribution < -0.4 is 5.32 Å².